The summed E-state index contributed by atoms with van der Waals surface area (Å²) in [6.07, 6.45) is -0.0668. The Kier molecular flexibility index (Phi) is 4.49. The monoisotopic (exact) mass is 312 g/mol. The quantitative estimate of drug-likeness (QED) is 0.921. The third-order valence-electron chi connectivity index (χ3n) is 3.35. The van der Waals surface area contributed by atoms with Crippen molar-refractivity contribution in [2.45, 2.75) is 58.4 Å². The molecule has 1 saturated heterocycles. The van der Waals surface area contributed by atoms with Crippen LogP contribution in [0.5, 0.6) is 0 Å². The predicted molar refractivity (Wildman–Crippen MR) is 78.1 cm³/mol. The molecule has 124 valence electrons. The standard InChI is InChI=1S/C15H24N2O5/c1-14(2,3)21-13(19)17-12(9-20-15(17,4)5)11-8-10(6-7-18)22-16-11/h8,12,18H,6-7,9H2,1-5H3/t12-/m0/s1. The topological polar surface area (TPSA) is 85.0 Å². The zero-order valence-corrected chi connectivity index (χ0v) is 13.8. The summed E-state index contributed by atoms with van der Waals surface area (Å²) in [5.41, 5.74) is -0.783. The number of aliphatic hydroxyl groups excluding tert-OH is 1. The molecule has 1 atom stereocenters. The first kappa shape index (κ1) is 16.8. The first-order valence-corrected chi connectivity index (χ1v) is 7.36. The average Bonchev–Trinajstić information content (AvgIpc) is 2.91. The molecule has 0 radical (unpaired) electrons. The van der Waals surface area contributed by atoms with Gasteiger partial charge in [-0.3, -0.25) is 4.90 Å². The molecule has 0 unspecified atom stereocenters. The van der Waals surface area contributed by atoms with Crippen molar-refractivity contribution >= 4 is 6.09 Å². The van der Waals surface area contributed by atoms with Gasteiger partial charge in [-0.2, -0.15) is 0 Å². The molecule has 22 heavy (non-hydrogen) atoms. The highest BCUT2D eigenvalue weighted by Gasteiger charge is 2.47. The summed E-state index contributed by atoms with van der Waals surface area (Å²) < 4.78 is 16.4. The lowest BCUT2D eigenvalue weighted by Crippen LogP contribution is -2.47. The normalized spacial score (nSPS) is 21.2. The summed E-state index contributed by atoms with van der Waals surface area (Å²) in [6, 6.07) is 1.37. The molecule has 1 aliphatic heterocycles. The molecule has 0 aromatic carbocycles. The molecule has 1 aromatic rings. The molecule has 0 saturated carbocycles. The number of rotatable bonds is 3. The van der Waals surface area contributed by atoms with Gasteiger partial charge in [-0.1, -0.05) is 5.16 Å². The number of aromatic nitrogens is 1. The lowest BCUT2D eigenvalue weighted by Gasteiger charge is -2.34. The van der Waals surface area contributed by atoms with E-state index in [0.29, 0.717) is 24.5 Å². The van der Waals surface area contributed by atoms with E-state index < -0.39 is 17.4 Å². The molecule has 1 amide bonds. The summed E-state index contributed by atoms with van der Waals surface area (Å²) in [5.74, 6) is 0.575. The number of nitrogens with zero attached hydrogens (tertiary/aromatic N) is 2. The SMILES string of the molecule is CC(C)(C)OC(=O)N1[C@H](c2cc(CCO)on2)COC1(C)C. The fraction of sp³-hybridized carbons (Fsp3) is 0.733. The van der Waals surface area contributed by atoms with Gasteiger partial charge in [0.05, 0.1) is 13.2 Å². The number of hydrogen-bond donors (Lipinski definition) is 1. The number of amides is 1. The Morgan fingerprint density at radius 3 is 2.82 bits per heavy atom. The van der Waals surface area contributed by atoms with Crippen LogP contribution in [0.1, 0.15) is 52.1 Å². The van der Waals surface area contributed by atoms with Crippen LogP contribution in [0.15, 0.2) is 10.6 Å². The first-order valence-electron chi connectivity index (χ1n) is 7.36. The molecular formula is C15H24N2O5. The van der Waals surface area contributed by atoms with Gasteiger partial charge in [0.25, 0.3) is 0 Å². The summed E-state index contributed by atoms with van der Waals surface area (Å²) in [6.45, 7) is 9.38. The van der Waals surface area contributed by atoms with Gasteiger partial charge in [-0.15, -0.1) is 0 Å². The molecule has 7 heteroatoms. The molecule has 1 aromatic heterocycles. The van der Waals surface area contributed by atoms with E-state index in [1.165, 1.54) is 0 Å². The van der Waals surface area contributed by atoms with E-state index in [-0.39, 0.29) is 12.6 Å². The molecular weight excluding hydrogens is 288 g/mol. The second-order valence-electron chi connectivity index (χ2n) is 6.82. The Morgan fingerprint density at radius 2 is 2.23 bits per heavy atom. The summed E-state index contributed by atoms with van der Waals surface area (Å²) in [5, 5.41) is 12.9. The highest BCUT2D eigenvalue weighted by molar-refractivity contribution is 5.70. The average molecular weight is 312 g/mol. The van der Waals surface area contributed by atoms with Gasteiger partial charge in [-0.05, 0) is 34.6 Å². The van der Waals surface area contributed by atoms with Crippen LogP contribution in [-0.4, -0.2) is 45.8 Å². The van der Waals surface area contributed by atoms with Gasteiger partial charge in [0, 0.05) is 12.5 Å². The van der Waals surface area contributed by atoms with Crippen molar-refractivity contribution in [3.8, 4) is 0 Å². The van der Waals surface area contributed by atoms with Gasteiger partial charge in [0.1, 0.15) is 28.8 Å². The predicted octanol–water partition coefficient (Wildman–Crippen LogP) is 2.25. The fourth-order valence-corrected chi connectivity index (χ4v) is 2.39. The van der Waals surface area contributed by atoms with E-state index in [1.54, 1.807) is 11.0 Å². The summed E-state index contributed by atoms with van der Waals surface area (Å²) in [7, 11) is 0. The van der Waals surface area contributed by atoms with E-state index in [2.05, 4.69) is 5.16 Å². The van der Waals surface area contributed by atoms with E-state index in [9.17, 15) is 4.79 Å². The molecule has 0 bridgehead atoms. The van der Waals surface area contributed by atoms with Crippen LogP contribution in [0.4, 0.5) is 4.79 Å². The van der Waals surface area contributed by atoms with E-state index in [0.717, 1.165) is 0 Å². The van der Waals surface area contributed by atoms with E-state index in [1.807, 2.05) is 34.6 Å². The van der Waals surface area contributed by atoms with Crippen LogP contribution in [-0.2, 0) is 15.9 Å². The fourth-order valence-electron chi connectivity index (χ4n) is 2.39. The molecule has 1 fully saturated rings. The third kappa shape index (κ3) is 3.59. The van der Waals surface area contributed by atoms with Gasteiger partial charge in [-0.25, -0.2) is 4.79 Å². The van der Waals surface area contributed by atoms with Crippen LogP contribution in [0, 0.1) is 0 Å². The maximum Gasteiger partial charge on any atom is 0.413 e. The maximum atomic E-state index is 12.5. The van der Waals surface area contributed by atoms with Crippen LogP contribution < -0.4 is 0 Å². The smallest absolute Gasteiger partial charge is 0.413 e. The van der Waals surface area contributed by atoms with Crippen LogP contribution in [0.25, 0.3) is 0 Å². The van der Waals surface area contributed by atoms with E-state index >= 15 is 0 Å². The molecule has 1 aliphatic rings. The first-order chi connectivity index (χ1) is 10.1. The minimum absolute atomic E-state index is 0.0168. The maximum absolute atomic E-state index is 12.5. The number of hydrogen-bond acceptors (Lipinski definition) is 6. The molecule has 2 heterocycles. The molecule has 2 rings (SSSR count). The van der Waals surface area contributed by atoms with Crippen molar-refractivity contribution in [3.05, 3.63) is 17.5 Å². The van der Waals surface area contributed by atoms with Gasteiger partial charge in [0.15, 0.2) is 0 Å². The molecule has 7 nitrogen and oxygen atoms in total. The Morgan fingerprint density at radius 1 is 1.55 bits per heavy atom. The lowest BCUT2D eigenvalue weighted by atomic mass is 10.1. The van der Waals surface area contributed by atoms with Gasteiger partial charge < -0.3 is 19.1 Å². The molecule has 1 N–H and O–H groups in total. The Balaban J connectivity index is 2.23. The largest absolute Gasteiger partial charge is 0.444 e. The zero-order valence-electron chi connectivity index (χ0n) is 13.8. The summed E-state index contributed by atoms with van der Waals surface area (Å²) >= 11 is 0. The van der Waals surface area contributed by atoms with Crippen molar-refractivity contribution in [1.82, 2.24) is 10.1 Å². The Labute approximate surface area is 130 Å². The van der Waals surface area contributed by atoms with Crippen molar-refractivity contribution < 1.29 is 23.9 Å². The van der Waals surface area contributed by atoms with Crippen molar-refractivity contribution in [1.29, 1.82) is 0 Å². The van der Waals surface area contributed by atoms with Crippen molar-refractivity contribution in [2.75, 3.05) is 13.2 Å². The number of carbonyl (C=O) groups excluding carboxylic acids is 1. The highest BCUT2D eigenvalue weighted by atomic mass is 16.6. The third-order valence-corrected chi connectivity index (χ3v) is 3.35. The molecule has 0 spiro atoms. The van der Waals surface area contributed by atoms with Crippen LogP contribution >= 0.6 is 0 Å². The highest BCUT2D eigenvalue weighted by Crippen LogP contribution is 2.37. The minimum atomic E-state index is -0.789. The number of ether oxygens (including phenoxy) is 2. The number of carbonyl (C=O) groups is 1. The van der Waals surface area contributed by atoms with Crippen LogP contribution in [0.3, 0.4) is 0 Å². The van der Waals surface area contributed by atoms with E-state index in [4.69, 9.17) is 19.1 Å². The molecule has 0 aliphatic carbocycles. The van der Waals surface area contributed by atoms with Crippen molar-refractivity contribution in [2.24, 2.45) is 0 Å². The minimum Gasteiger partial charge on any atom is -0.444 e. The van der Waals surface area contributed by atoms with Gasteiger partial charge >= 0.3 is 6.09 Å². The second-order valence-corrected chi connectivity index (χ2v) is 6.82. The van der Waals surface area contributed by atoms with Crippen LogP contribution in [0.2, 0.25) is 0 Å². The van der Waals surface area contributed by atoms with Crippen molar-refractivity contribution in [3.63, 3.8) is 0 Å². The zero-order chi connectivity index (χ0) is 16.5. The van der Waals surface area contributed by atoms with Gasteiger partial charge in [0.2, 0.25) is 0 Å². The Hall–Kier alpha value is -1.60. The number of aliphatic hydroxyl groups is 1. The lowest BCUT2D eigenvalue weighted by molar-refractivity contribution is -0.0628. The Bertz CT molecular complexity index is 532. The summed E-state index contributed by atoms with van der Waals surface area (Å²) in [4.78, 5) is 14.1. The second kappa shape index (κ2) is 5.89.